The smallest absolute Gasteiger partial charge is 0.0480 e. The molecular formula is C16H25N3. The Balaban J connectivity index is 1.95. The number of nitrogens with zero attached hydrogens (tertiary/aromatic N) is 1. The monoisotopic (exact) mass is 259 g/mol. The number of hydrogen-bond donors (Lipinski definition) is 2. The Morgan fingerprint density at radius 1 is 1.21 bits per heavy atom. The molecule has 0 atom stereocenters. The Hall–Kier alpha value is -1.32. The quantitative estimate of drug-likeness (QED) is 0.780. The van der Waals surface area contributed by atoms with E-state index in [0.717, 1.165) is 19.5 Å². The topological polar surface area (TPSA) is 29.0 Å². The van der Waals surface area contributed by atoms with Gasteiger partial charge in [0.05, 0.1) is 0 Å². The number of aryl methyl sites for hydroxylation is 1. The molecule has 3 heteroatoms. The summed E-state index contributed by atoms with van der Waals surface area (Å²) >= 11 is 0. The molecule has 0 saturated heterocycles. The van der Waals surface area contributed by atoms with E-state index in [9.17, 15) is 0 Å². The summed E-state index contributed by atoms with van der Waals surface area (Å²) in [6.45, 7) is 6.41. The van der Waals surface area contributed by atoms with Crippen LogP contribution in [0.5, 0.6) is 0 Å². The van der Waals surface area contributed by atoms with Crippen LogP contribution in [0.25, 0.3) is 10.9 Å². The lowest BCUT2D eigenvalue weighted by Gasteiger charge is -2.24. The average molecular weight is 259 g/mol. The summed E-state index contributed by atoms with van der Waals surface area (Å²) in [6.07, 6.45) is 3.32. The molecule has 0 radical (unpaired) electrons. The van der Waals surface area contributed by atoms with Gasteiger partial charge in [-0.15, -0.1) is 0 Å². The summed E-state index contributed by atoms with van der Waals surface area (Å²) in [4.78, 5) is 0. The molecule has 0 bridgehead atoms. The third-order valence-electron chi connectivity index (χ3n) is 3.79. The van der Waals surface area contributed by atoms with Crippen LogP contribution >= 0.6 is 0 Å². The number of hydrogen-bond acceptors (Lipinski definition) is 2. The highest BCUT2D eigenvalue weighted by Gasteiger charge is 2.13. The summed E-state index contributed by atoms with van der Waals surface area (Å²) in [5.41, 5.74) is 2.89. The molecule has 0 saturated carbocycles. The molecule has 0 unspecified atom stereocenters. The van der Waals surface area contributed by atoms with Crippen LogP contribution in [0.2, 0.25) is 0 Å². The Kier molecular flexibility index (Phi) is 4.27. The molecule has 1 aromatic heterocycles. The number of aromatic nitrogens is 1. The van der Waals surface area contributed by atoms with Gasteiger partial charge in [0.2, 0.25) is 0 Å². The van der Waals surface area contributed by atoms with Crippen molar-refractivity contribution in [2.75, 3.05) is 20.1 Å². The second-order valence-electron chi connectivity index (χ2n) is 5.84. The van der Waals surface area contributed by atoms with E-state index in [0.29, 0.717) is 0 Å². The van der Waals surface area contributed by atoms with Gasteiger partial charge < -0.3 is 15.2 Å². The first-order valence-electron chi connectivity index (χ1n) is 6.96. The average Bonchev–Trinajstić information content (AvgIpc) is 2.72. The second kappa shape index (κ2) is 5.76. The third kappa shape index (κ3) is 3.37. The van der Waals surface area contributed by atoms with E-state index in [1.54, 1.807) is 0 Å². The molecule has 19 heavy (non-hydrogen) atoms. The summed E-state index contributed by atoms with van der Waals surface area (Å²) in [5, 5.41) is 8.21. The second-order valence-corrected chi connectivity index (χ2v) is 5.84. The number of benzene rings is 1. The first-order valence-corrected chi connectivity index (χ1v) is 6.96. The summed E-state index contributed by atoms with van der Waals surface area (Å²) in [7, 11) is 4.12. The summed E-state index contributed by atoms with van der Waals surface area (Å²) in [5.74, 6) is 0. The zero-order chi connectivity index (χ0) is 13.9. The van der Waals surface area contributed by atoms with Crippen molar-refractivity contribution in [3.8, 4) is 0 Å². The van der Waals surface area contributed by atoms with Crippen LogP contribution in [-0.4, -0.2) is 30.2 Å². The van der Waals surface area contributed by atoms with Gasteiger partial charge in [-0.1, -0.05) is 18.2 Å². The maximum Gasteiger partial charge on any atom is 0.0480 e. The predicted molar refractivity (Wildman–Crippen MR) is 82.6 cm³/mol. The zero-order valence-corrected chi connectivity index (χ0v) is 12.5. The molecule has 0 aliphatic heterocycles. The van der Waals surface area contributed by atoms with E-state index in [2.05, 4.69) is 66.6 Å². The highest BCUT2D eigenvalue weighted by molar-refractivity contribution is 5.83. The van der Waals surface area contributed by atoms with E-state index < -0.39 is 0 Å². The largest absolute Gasteiger partial charge is 0.350 e. The van der Waals surface area contributed by atoms with Crippen molar-refractivity contribution in [1.29, 1.82) is 0 Å². The van der Waals surface area contributed by atoms with Gasteiger partial charge in [-0.2, -0.15) is 0 Å². The van der Waals surface area contributed by atoms with Crippen LogP contribution in [0.4, 0.5) is 0 Å². The van der Waals surface area contributed by atoms with E-state index in [4.69, 9.17) is 0 Å². The lowest BCUT2D eigenvalue weighted by atomic mass is 10.1. The van der Waals surface area contributed by atoms with Crippen LogP contribution in [0.15, 0.2) is 30.5 Å². The maximum absolute atomic E-state index is 3.53. The van der Waals surface area contributed by atoms with Crippen molar-refractivity contribution >= 4 is 10.9 Å². The Bertz CT molecular complexity index is 540. The van der Waals surface area contributed by atoms with Crippen LogP contribution in [0, 0.1) is 0 Å². The third-order valence-corrected chi connectivity index (χ3v) is 3.79. The standard InChI is InChI=1S/C16H25N3/c1-16(2,17-3)12-18-10-9-13-11-19(4)15-8-6-5-7-14(13)15/h5-8,11,17-18H,9-10,12H2,1-4H3. The van der Waals surface area contributed by atoms with Gasteiger partial charge in [-0.3, -0.25) is 0 Å². The molecule has 104 valence electrons. The lowest BCUT2D eigenvalue weighted by molar-refractivity contribution is 0.395. The molecule has 0 aliphatic rings. The Morgan fingerprint density at radius 2 is 1.95 bits per heavy atom. The minimum atomic E-state index is 0.152. The number of nitrogens with one attached hydrogen (secondary N) is 2. The minimum absolute atomic E-state index is 0.152. The highest BCUT2D eigenvalue weighted by atomic mass is 15.0. The van der Waals surface area contributed by atoms with Crippen molar-refractivity contribution < 1.29 is 0 Å². The van der Waals surface area contributed by atoms with E-state index in [1.165, 1.54) is 16.5 Å². The van der Waals surface area contributed by atoms with E-state index >= 15 is 0 Å². The van der Waals surface area contributed by atoms with Crippen molar-refractivity contribution in [2.45, 2.75) is 25.8 Å². The van der Waals surface area contributed by atoms with Crippen LogP contribution in [0.3, 0.4) is 0 Å². The number of rotatable bonds is 6. The molecule has 0 amide bonds. The van der Waals surface area contributed by atoms with Gasteiger partial charge in [-0.25, -0.2) is 0 Å². The predicted octanol–water partition coefficient (Wildman–Crippen LogP) is 2.31. The van der Waals surface area contributed by atoms with Gasteiger partial charge in [0, 0.05) is 36.2 Å². The molecule has 0 fully saturated rings. The molecule has 1 aromatic carbocycles. The lowest BCUT2D eigenvalue weighted by Crippen LogP contribution is -2.46. The first-order chi connectivity index (χ1) is 9.03. The molecule has 2 rings (SSSR count). The molecule has 0 aliphatic carbocycles. The van der Waals surface area contributed by atoms with Crippen molar-refractivity contribution in [1.82, 2.24) is 15.2 Å². The fourth-order valence-electron chi connectivity index (χ4n) is 2.34. The van der Waals surface area contributed by atoms with Gasteiger partial charge in [-0.05, 0) is 45.5 Å². The highest BCUT2D eigenvalue weighted by Crippen LogP contribution is 2.20. The van der Waals surface area contributed by atoms with E-state index in [-0.39, 0.29) is 5.54 Å². The van der Waals surface area contributed by atoms with Crippen LogP contribution < -0.4 is 10.6 Å². The number of likely N-dealkylation sites (N-methyl/N-ethyl adjacent to an activating group) is 1. The van der Waals surface area contributed by atoms with Crippen molar-refractivity contribution in [3.05, 3.63) is 36.0 Å². The maximum atomic E-state index is 3.53. The minimum Gasteiger partial charge on any atom is -0.350 e. The molecular weight excluding hydrogens is 234 g/mol. The first kappa shape index (κ1) is 14.1. The van der Waals surface area contributed by atoms with Gasteiger partial charge >= 0.3 is 0 Å². The van der Waals surface area contributed by atoms with Crippen molar-refractivity contribution in [3.63, 3.8) is 0 Å². The van der Waals surface area contributed by atoms with Crippen LogP contribution in [0.1, 0.15) is 19.4 Å². The fourth-order valence-corrected chi connectivity index (χ4v) is 2.34. The van der Waals surface area contributed by atoms with Gasteiger partial charge in [0.1, 0.15) is 0 Å². The summed E-state index contributed by atoms with van der Waals surface area (Å²) in [6, 6.07) is 8.60. The van der Waals surface area contributed by atoms with Crippen LogP contribution in [-0.2, 0) is 13.5 Å². The molecule has 2 aromatic rings. The zero-order valence-electron chi connectivity index (χ0n) is 12.5. The molecule has 1 heterocycles. The molecule has 0 spiro atoms. The Morgan fingerprint density at radius 3 is 2.68 bits per heavy atom. The fraction of sp³-hybridized carbons (Fsp3) is 0.500. The molecule has 2 N–H and O–H groups in total. The van der Waals surface area contributed by atoms with Gasteiger partial charge in [0.25, 0.3) is 0 Å². The van der Waals surface area contributed by atoms with Gasteiger partial charge in [0.15, 0.2) is 0 Å². The van der Waals surface area contributed by atoms with Crippen molar-refractivity contribution in [2.24, 2.45) is 7.05 Å². The SMILES string of the molecule is CNC(C)(C)CNCCc1cn(C)c2ccccc12. The van der Waals surface area contributed by atoms with E-state index in [1.807, 2.05) is 7.05 Å². The molecule has 3 nitrogen and oxygen atoms in total. The Labute approximate surface area is 116 Å². The number of para-hydroxylation sites is 1. The summed E-state index contributed by atoms with van der Waals surface area (Å²) < 4.78 is 2.21. The normalized spacial score (nSPS) is 12.2. The number of fused-ring (bicyclic) bond motifs is 1.